The van der Waals surface area contributed by atoms with Crippen LogP contribution in [0.3, 0.4) is 0 Å². The number of halogens is 2. The van der Waals surface area contributed by atoms with Crippen molar-refractivity contribution >= 4 is 43.2 Å². The Morgan fingerprint density at radius 2 is 1.89 bits per heavy atom. The van der Waals surface area contributed by atoms with E-state index in [-0.39, 0.29) is 21.4 Å². The van der Waals surface area contributed by atoms with Crippen molar-refractivity contribution in [3.63, 3.8) is 0 Å². The summed E-state index contributed by atoms with van der Waals surface area (Å²) in [6.45, 7) is 0. The molecule has 0 fully saturated rings. The fraction of sp³-hybridized carbons (Fsp3) is 0. The first-order chi connectivity index (χ1) is 8.88. The summed E-state index contributed by atoms with van der Waals surface area (Å²) in [4.78, 5) is 0.122. The summed E-state index contributed by atoms with van der Waals surface area (Å²) >= 11 is 8.87. The molecule has 2 aromatic rings. The minimum Gasteiger partial charge on any atom is -0.506 e. The molecule has 0 aliphatic rings. The van der Waals surface area contributed by atoms with Gasteiger partial charge < -0.3 is 5.11 Å². The predicted octanol–water partition coefficient (Wildman–Crippen LogP) is 3.61. The molecule has 0 atom stereocenters. The number of nitrogens with one attached hydrogen (secondary N) is 1. The molecule has 0 amide bonds. The van der Waals surface area contributed by atoms with Crippen LogP contribution in [0.4, 0.5) is 5.69 Å². The van der Waals surface area contributed by atoms with Gasteiger partial charge in [0.1, 0.15) is 5.75 Å². The topological polar surface area (TPSA) is 66.4 Å². The molecule has 0 spiro atoms. The minimum atomic E-state index is -3.70. The van der Waals surface area contributed by atoms with Crippen molar-refractivity contribution < 1.29 is 13.5 Å². The van der Waals surface area contributed by atoms with Crippen molar-refractivity contribution in [2.24, 2.45) is 0 Å². The van der Waals surface area contributed by atoms with Crippen molar-refractivity contribution in [2.45, 2.75) is 4.90 Å². The lowest BCUT2D eigenvalue weighted by Gasteiger charge is -2.09. The van der Waals surface area contributed by atoms with Gasteiger partial charge in [0.15, 0.2) is 0 Å². The van der Waals surface area contributed by atoms with Crippen LogP contribution in [0, 0.1) is 0 Å². The molecule has 2 rings (SSSR count). The lowest BCUT2D eigenvalue weighted by Crippen LogP contribution is -2.12. The molecular formula is C12H9BrClNO3S. The lowest BCUT2D eigenvalue weighted by molar-refractivity contribution is 0.476. The zero-order chi connectivity index (χ0) is 14.0. The van der Waals surface area contributed by atoms with Crippen LogP contribution in [-0.4, -0.2) is 13.5 Å². The van der Waals surface area contributed by atoms with Gasteiger partial charge in [-0.2, -0.15) is 0 Å². The monoisotopic (exact) mass is 361 g/mol. The summed E-state index contributed by atoms with van der Waals surface area (Å²) < 4.78 is 27.2. The van der Waals surface area contributed by atoms with E-state index in [1.807, 2.05) is 0 Å². The van der Waals surface area contributed by atoms with Crippen LogP contribution in [0.25, 0.3) is 0 Å². The zero-order valence-electron chi connectivity index (χ0n) is 9.47. The van der Waals surface area contributed by atoms with Crippen molar-refractivity contribution in [3.05, 3.63) is 52.0 Å². The number of hydrogen-bond acceptors (Lipinski definition) is 3. The van der Waals surface area contributed by atoms with E-state index in [4.69, 9.17) is 11.6 Å². The van der Waals surface area contributed by atoms with Gasteiger partial charge in [0.05, 0.1) is 15.6 Å². The fourth-order valence-electron chi connectivity index (χ4n) is 1.42. The number of aromatic hydroxyl groups is 1. The Morgan fingerprint density at radius 3 is 2.53 bits per heavy atom. The van der Waals surface area contributed by atoms with Crippen LogP contribution in [0.15, 0.2) is 51.8 Å². The van der Waals surface area contributed by atoms with Gasteiger partial charge in [0.2, 0.25) is 0 Å². The van der Waals surface area contributed by atoms with Gasteiger partial charge in [-0.05, 0) is 30.3 Å². The van der Waals surface area contributed by atoms with Crippen molar-refractivity contribution in [1.82, 2.24) is 0 Å². The average molecular weight is 363 g/mol. The van der Waals surface area contributed by atoms with Gasteiger partial charge in [-0.3, -0.25) is 4.72 Å². The van der Waals surface area contributed by atoms with E-state index in [0.29, 0.717) is 4.47 Å². The highest BCUT2D eigenvalue weighted by Gasteiger charge is 2.14. The fourth-order valence-corrected chi connectivity index (χ4v) is 3.19. The Bertz CT molecular complexity index is 719. The third-order valence-electron chi connectivity index (χ3n) is 2.30. The third kappa shape index (κ3) is 3.40. The first kappa shape index (κ1) is 14.2. The molecular weight excluding hydrogens is 354 g/mol. The molecule has 0 bridgehead atoms. The number of hydrogen-bond donors (Lipinski definition) is 2. The summed E-state index contributed by atoms with van der Waals surface area (Å²) in [6, 6.07) is 10.4. The number of sulfonamides is 1. The van der Waals surface area contributed by atoms with Gasteiger partial charge in [-0.1, -0.05) is 33.6 Å². The maximum absolute atomic E-state index is 12.1. The molecule has 0 saturated heterocycles. The second-order valence-electron chi connectivity index (χ2n) is 3.73. The van der Waals surface area contributed by atoms with Gasteiger partial charge in [-0.15, -0.1) is 0 Å². The van der Waals surface area contributed by atoms with E-state index in [9.17, 15) is 13.5 Å². The lowest BCUT2D eigenvalue weighted by atomic mass is 10.3. The van der Waals surface area contributed by atoms with Crippen LogP contribution in [0.1, 0.15) is 0 Å². The normalized spacial score (nSPS) is 11.3. The molecule has 4 nitrogen and oxygen atoms in total. The highest BCUT2D eigenvalue weighted by Crippen LogP contribution is 2.27. The van der Waals surface area contributed by atoms with Gasteiger partial charge in [0, 0.05) is 10.5 Å². The quantitative estimate of drug-likeness (QED) is 0.876. The average Bonchev–Trinajstić information content (AvgIpc) is 2.33. The third-order valence-corrected chi connectivity index (χ3v) is 4.50. The summed E-state index contributed by atoms with van der Waals surface area (Å²) in [5.41, 5.74) is 0.238. The second kappa shape index (κ2) is 5.40. The van der Waals surface area contributed by atoms with Crippen molar-refractivity contribution in [2.75, 3.05) is 4.72 Å². The van der Waals surface area contributed by atoms with E-state index in [1.165, 1.54) is 30.3 Å². The molecule has 0 aliphatic carbocycles. The molecule has 0 aromatic heterocycles. The van der Waals surface area contributed by atoms with E-state index < -0.39 is 10.0 Å². The van der Waals surface area contributed by atoms with Crippen molar-refractivity contribution in [3.8, 4) is 5.75 Å². The molecule has 19 heavy (non-hydrogen) atoms. The smallest absolute Gasteiger partial charge is 0.261 e. The van der Waals surface area contributed by atoms with Crippen LogP contribution in [-0.2, 0) is 10.0 Å². The van der Waals surface area contributed by atoms with E-state index in [0.717, 1.165) is 0 Å². The van der Waals surface area contributed by atoms with Crippen LogP contribution >= 0.6 is 27.5 Å². The van der Waals surface area contributed by atoms with Gasteiger partial charge in [-0.25, -0.2) is 8.42 Å². The van der Waals surface area contributed by atoms with Crippen LogP contribution < -0.4 is 4.72 Å². The summed E-state index contributed by atoms with van der Waals surface area (Å²) in [6.07, 6.45) is 0. The maximum atomic E-state index is 12.1. The second-order valence-corrected chi connectivity index (χ2v) is 6.73. The number of anilines is 1. The molecule has 0 unspecified atom stereocenters. The summed E-state index contributed by atoms with van der Waals surface area (Å²) in [5, 5.41) is 9.60. The standard InChI is InChI=1S/C12H9BrClNO3S/c13-8-2-1-3-10(6-8)19(17,18)15-9-4-5-11(14)12(16)7-9/h1-7,15-16H. The largest absolute Gasteiger partial charge is 0.506 e. The summed E-state index contributed by atoms with van der Waals surface area (Å²) in [5.74, 6) is -0.184. The zero-order valence-corrected chi connectivity index (χ0v) is 12.6. The Labute approximate surface area is 124 Å². The SMILES string of the molecule is O=S(=O)(Nc1ccc(Cl)c(O)c1)c1cccc(Br)c1. The molecule has 2 N–H and O–H groups in total. The number of phenols is 1. The summed E-state index contributed by atoms with van der Waals surface area (Å²) in [7, 11) is -3.70. The molecule has 0 saturated carbocycles. The Morgan fingerprint density at radius 1 is 1.16 bits per heavy atom. The van der Waals surface area contributed by atoms with Crippen molar-refractivity contribution in [1.29, 1.82) is 0 Å². The molecule has 0 radical (unpaired) electrons. The van der Waals surface area contributed by atoms with Gasteiger partial charge in [0.25, 0.3) is 10.0 Å². The van der Waals surface area contributed by atoms with E-state index in [1.54, 1.807) is 12.1 Å². The molecule has 100 valence electrons. The number of benzene rings is 2. The Balaban J connectivity index is 2.33. The van der Waals surface area contributed by atoms with Crippen LogP contribution in [0.2, 0.25) is 5.02 Å². The predicted molar refractivity (Wildman–Crippen MR) is 78.1 cm³/mol. The molecule has 7 heteroatoms. The Kier molecular flexibility index (Phi) is 4.03. The van der Waals surface area contributed by atoms with E-state index >= 15 is 0 Å². The highest BCUT2D eigenvalue weighted by atomic mass is 79.9. The number of rotatable bonds is 3. The van der Waals surface area contributed by atoms with Crippen LogP contribution in [0.5, 0.6) is 5.75 Å². The highest BCUT2D eigenvalue weighted by molar-refractivity contribution is 9.10. The maximum Gasteiger partial charge on any atom is 0.261 e. The first-order valence-corrected chi connectivity index (χ1v) is 7.81. The Hall–Kier alpha value is -1.24. The molecule has 0 heterocycles. The molecule has 2 aromatic carbocycles. The first-order valence-electron chi connectivity index (χ1n) is 5.15. The minimum absolute atomic E-state index is 0.122. The van der Waals surface area contributed by atoms with E-state index in [2.05, 4.69) is 20.7 Å². The molecule has 0 aliphatic heterocycles. The van der Waals surface area contributed by atoms with Gasteiger partial charge >= 0.3 is 0 Å². The number of phenolic OH excluding ortho intramolecular Hbond substituents is 1.